The molecule has 1 aliphatic heterocycles. The van der Waals surface area contributed by atoms with Crippen LogP contribution in [0.1, 0.15) is 20.8 Å². The van der Waals surface area contributed by atoms with E-state index in [1.807, 2.05) is 37.3 Å². The van der Waals surface area contributed by atoms with E-state index in [1.54, 1.807) is 0 Å². The number of hydrogen-bond donors (Lipinski definition) is 1. The maximum absolute atomic E-state index is 13.1. The average molecular weight is 573 g/mol. The molecular formula is C26H25ClN4O5S2. The molecule has 12 heteroatoms. The van der Waals surface area contributed by atoms with E-state index in [0.29, 0.717) is 69.9 Å². The molecule has 9 nitrogen and oxygen atoms in total. The normalized spacial score (nSPS) is 14.5. The van der Waals surface area contributed by atoms with Crippen LogP contribution in [0, 0.1) is 6.92 Å². The Morgan fingerprint density at radius 1 is 1.16 bits per heavy atom. The number of esters is 1. The van der Waals surface area contributed by atoms with Gasteiger partial charge >= 0.3 is 5.97 Å². The van der Waals surface area contributed by atoms with E-state index < -0.39 is 16.0 Å². The number of hydrogen-bond acceptors (Lipinski definition) is 9. The highest BCUT2D eigenvalue weighted by Gasteiger charge is 2.27. The molecule has 0 aliphatic carbocycles. The number of anilines is 2. The monoisotopic (exact) mass is 572 g/mol. The molecule has 0 atom stereocenters. The summed E-state index contributed by atoms with van der Waals surface area (Å²) in [6, 6.07) is 14.3. The number of nitrogens with zero attached hydrogens (tertiary/aromatic N) is 3. The number of aryl methyl sites for hydroxylation is 1. The minimum atomic E-state index is -3.72. The molecule has 0 bridgehead atoms. The molecular weight excluding hydrogens is 548 g/mol. The summed E-state index contributed by atoms with van der Waals surface area (Å²) in [6.45, 7) is 3.35. The molecule has 1 fully saturated rings. The molecule has 1 aliphatic rings. The van der Waals surface area contributed by atoms with Gasteiger partial charge in [-0.1, -0.05) is 41.9 Å². The van der Waals surface area contributed by atoms with Gasteiger partial charge in [0.15, 0.2) is 0 Å². The lowest BCUT2D eigenvalue weighted by Gasteiger charge is -2.26. The van der Waals surface area contributed by atoms with Crippen molar-refractivity contribution in [1.82, 2.24) is 14.3 Å². The Bertz CT molecular complexity index is 1570. The Morgan fingerprint density at radius 3 is 2.68 bits per heavy atom. The number of fused-ring (bicyclic) bond motifs is 1. The zero-order chi connectivity index (χ0) is 26.7. The minimum absolute atomic E-state index is 0.112. The Morgan fingerprint density at radius 2 is 1.92 bits per heavy atom. The third-order valence-corrected chi connectivity index (χ3v) is 9.58. The molecule has 4 aromatic rings. The average Bonchev–Trinajstić information content (AvgIpc) is 3.28. The van der Waals surface area contributed by atoms with Crippen molar-refractivity contribution < 1.29 is 22.7 Å². The van der Waals surface area contributed by atoms with Crippen LogP contribution in [0.15, 0.2) is 59.8 Å². The van der Waals surface area contributed by atoms with E-state index in [9.17, 15) is 13.2 Å². The summed E-state index contributed by atoms with van der Waals surface area (Å²) in [4.78, 5) is 22.7. The van der Waals surface area contributed by atoms with Gasteiger partial charge in [-0.2, -0.15) is 4.31 Å². The van der Waals surface area contributed by atoms with Gasteiger partial charge in [-0.05, 0) is 36.2 Å². The van der Waals surface area contributed by atoms with Crippen molar-refractivity contribution in [2.75, 3.05) is 38.2 Å². The van der Waals surface area contributed by atoms with E-state index in [-0.39, 0.29) is 11.5 Å². The van der Waals surface area contributed by atoms with Gasteiger partial charge in [0.25, 0.3) is 0 Å². The van der Waals surface area contributed by atoms with E-state index >= 15 is 0 Å². The predicted octanol–water partition coefficient (Wildman–Crippen LogP) is 4.82. The van der Waals surface area contributed by atoms with Crippen LogP contribution in [-0.2, 0) is 25.9 Å². The lowest BCUT2D eigenvalue weighted by atomic mass is 10.2. The molecule has 0 saturated carbocycles. The van der Waals surface area contributed by atoms with Gasteiger partial charge in [0.05, 0.1) is 40.8 Å². The summed E-state index contributed by atoms with van der Waals surface area (Å²) >= 11 is 7.65. The molecule has 1 saturated heterocycles. The molecule has 198 valence electrons. The molecule has 3 heterocycles. The van der Waals surface area contributed by atoms with Gasteiger partial charge in [0.1, 0.15) is 21.9 Å². The molecule has 2 aromatic carbocycles. The SMILES string of the molecule is Cc1c(C(=O)OCCc2ccccc2)sc2ncnc(Nc3cc(S(=O)(=O)N4CCOCC4)ccc3Cl)c12. The maximum atomic E-state index is 13.1. The van der Waals surface area contributed by atoms with Crippen LogP contribution in [0.2, 0.25) is 5.02 Å². The van der Waals surface area contributed by atoms with Crippen molar-refractivity contribution in [1.29, 1.82) is 0 Å². The molecule has 5 rings (SSSR count). The zero-order valence-electron chi connectivity index (χ0n) is 20.5. The summed E-state index contributed by atoms with van der Waals surface area (Å²) in [5.41, 5.74) is 2.13. The molecule has 0 radical (unpaired) electrons. The summed E-state index contributed by atoms with van der Waals surface area (Å²) in [5.74, 6) is -0.0149. The van der Waals surface area contributed by atoms with Gasteiger partial charge in [-0.25, -0.2) is 23.2 Å². The van der Waals surface area contributed by atoms with Gasteiger partial charge in [0.2, 0.25) is 10.0 Å². The summed E-state index contributed by atoms with van der Waals surface area (Å²) in [6.07, 6.45) is 2.00. The van der Waals surface area contributed by atoms with Crippen molar-refractivity contribution in [3.05, 3.63) is 75.9 Å². The maximum Gasteiger partial charge on any atom is 0.348 e. The lowest BCUT2D eigenvalue weighted by molar-refractivity contribution is 0.0514. The highest BCUT2D eigenvalue weighted by Crippen LogP contribution is 2.37. The van der Waals surface area contributed by atoms with E-state index in [0.717, 1.165) is 5.56 Å². The number of thiophene rings is 1. The fourth-order valence-corrected chi connectivity index (χ4v) is 6.80. The van der Waals surface area contributed by atoms with Gasteiger partial charge in [-0.3, -0.25) is 0 Å². The predicted molar refractivity (Wildman–Crippen MR) is 147 cm³/mol. The van der Waals surface area contributed by atoms with Crippen LogP contribution in [-0.4, -0.2) is 61.6 Å². The topological polar surface area (TPSA) is 111 Å². The summed E-state index contributed by atoms with van der Waals surface area (Å²) < 4.78 is 38.5. The molecule has 0 unspecified atom stereocenters. The molecule has 0 spiro atoms. The first-order chi connectivity index (χ1) is 18.3. The standard InChI is InChI=1S/C26H25ClN4O5S2/c1-17-22-24(30-21-15-19(7-8-20(21)27)38(33,34)31-10-13-35-14-11-31)28-16-29-25(22)37-23(17)26(32)36-12-9-18-5-3-2-4-6-18/h2-8,15-16H,9-14H2,1H3,(H,28,29,30). The van der Waals surface area contributed by atoms with E-state index in [4.69, 9.17) is 21.1 Å². The Kier molecular flexibility index (Phi) is 7.91. The fraction of sp³-hybridized carbons (Fsp3) is 0.269. The Balaban J connectivity index is 1.39. The highest BCUT2D eigenvalue weighted by atomic mass is 35.5. The summed E-state index contributed by atoms with van der Waals surface area (Å²) in [7, 11) is -3.72. The van der Waals surface area contributed by atoms with Crippen molar-refractivity contribution in [3.63, 3.8) is 0 Å². The largest absolute Gasteiger partial charge is 0.461 e. The number of morpholine rings is 1. The second-order valence-corrected chi connectivity index (χ2v) is 12.0. The van der Waals surface area contributed by atoms with Crippen LogP contribution < -0.4 is 5.32 Å². The van der Waals surface area contributed by atoms with Crippen LogP contribution in [0.4, 0.5) is 11.5 Å². The molecule has 2 aromatic heterocycles. The van der Waals surface area contributed by atoms with Crippen LogP contribution in [0.3, 0.4) is 0 Å². The quantitative estimate of drug-likeness (QED) is 0.299. The minimum Gasteiger partial charge on any atom is -0.461 e. The number of rotatable bonds is 8. The van der Waals surface area contributed by atoms with E-state index in [1.165, 1.54) is 40.2 Å². The summed E-state index contributed by atoms with van der Waals surface area (Å²) in [5, 5.41) is 4.12. The van der Waals surface area contributed by atoms with Crippen molar-refractivity contribution in [3.8, 4) is 0 Å². The smallest absolute Gasteiger partial charge is 0.348 e. The first-order valence-electron chi connectivity index (χ1n) is 11.9. The van der Waals surface area contributed by atoms with Crippen LogP contribution in [0.25, 0.3) is 10.2 Å². The number of nitrogens with one attached hydrogen (secondary N) is 1. The Hall–Kier alpha value is -3.09. The first-order valence-corrected chi connectivity index (χ1v) is 14.6. The molecule has 1 N–H and O–H groups in total. The lowest BCUT2D eigenvalue weighted by Crippen LogP contribution is -2.40. The number of carbonyl (C=O) groups is 1. The van der Waals surface area contributed by atoms with Gasteiger partial charge in [0, 0.05) is 19.5 Å². The highest BCUT2D eigenvalue weighted by molar-refractivity contribution is 7.89. The first kappa shape index (κ1) is 26.5. The number of sulfonamides is 1. The Labute approximate surface area is 229 Å². The van der Waals surface area contributed by atoms with E-state index in [2.05, 4.69) is 15.3 Å². The molecule has 0 amide bonds. The number of benzene rings is 2. The van der Waals surface area contributed by atoms with Crippen molar-refractivity contribution in [2.24, 2.45) is 0 Å². The number of halogens is 1. The third kappa shape index (κ3) is 5.52. The second-order valence-electron chi connectivity index (χ2n) is 8.61. The van der Waals surface area contributed by atoms with Gasteiger partial charge < -0.3 is 14.8 Å². The second kappa shape index (κ2) is 11.3. The van der Waals surface area contributed by atoms with Gasteiger partial charge in [-0.15, -0.1) is 11.3 Å². The van der Waals surface area contributed by atoms with Crippen LogP contribution >= 0.6 is 22.9 Å². The number of ether oxygens (including phenoxy) is 2. The third-order valence-electron chi connectivity index (χ3n) is 6.18. The zero-order valence-corrected chi connectivity index (χ0v) is 22.9. The number of carbonyl (C=O) groups excluding carboxylic acids is 1. The van der Waals surface area contributed by atoms with Crippen LogP contribution in [0.5, 0.6) is 0 Å². The molecule has 38 heavy (non-hydrogen) atoms. The van der Waals surface area contributed by atoms with Crippen molar-refractivity contribution >= 4 is 60.7 Å². The fourth-order valence-electron chi connectivity index (χ4n) is 4.16. The van der Waals surface area contributed by atoms with Crippen molar-refractivity contribution in [2.45, 2.75) is 18.2 Å². The number of aromatic nitrogens is 2.